The topological polar surface area (TPSA) is 41.6 Å². The lowest BCUT2D eigenvalue weighted by Gasteiger charge is -2.17. The van der Waals surface area contributed by atoms with Crippen molar-refractivity contribution in [3.05, 3.63) is 0 Å². The molecule has 0 fully saturated rings. The Balaban J connectivity index is 3.58. The fourth-order valence-electron chi connectivity index (χ4n) is 1.65. The van der Waals surface area contributed by atoms with E-state index < -0.39 is 0 Å². The van der Waals surface area contributed by atoms with Crippen LogP contribution in [0.4, 0.5) is 0 Å². The molecular weight excluding hydrogens is 204 g/mol. The molecule has 0 spiro atoms. The quantitative estimate of drug-likeness (QED) is 0.501. The van der Waals surface area contributed by atoms with Gasteiger partial charge in [-0.2, -0.15) is 0 Å². The fourth-order valence-corrected chi connectivity index (χ4v) is 1.65. The predicted octanol–water partition coefficient (Wildman–Crippen LogP) is 1.12. The minimum Gasteiger partial charge on any atom is -0.469 e. The van der Waals surface area contributed by atoms with Crippen molar-refractivity contribution in [1.29, 1.82) is 0 Å². The minimum absolute atomic E-state index is 0.0265. The van der Waals surface area contributed by atoms with Crippen LogP contribution in [0.3, 0.4) is 0 Å². The number of methoxy groups -OCH3 is 1. The molecular formula is C12H26N2O2. The first-order valence-corrected chi connectivity index (χ1v) is 5.93. The monoisotopic (exact) mass is 230 g/mol. The Hall–Kier alpha value is -0.610. The number of ether oxygens (including phenoxy) is 1. The van der Waals surface area contributed by atoms with Gasteiger partial charge in [0.15, 0.2) is 0 Å². The number of esters is 1. The molecule has 0 heterocycles. The maximum Gasteiger partial charge on any atom is 0.308 e. The molecule has 0 aromatic carbocycles. The van der Waals surface area contributed by atoms with Gasteiger partial charge in [0.2, 0.25) is 0 Å². The lowest BCUT2D eigenvalue weighted by molar-refractivity contribution is -0.145. The summed E-state index contributed by atoms with van der Waals surface area (Å²) in [5.74, 6) is -0.150. The molecule has 2 unspecified atom stereocenters. The van der Waals surface area contributed by atoms with Crippen LogP contribution in [0.15, 0.2) is 0 Å². The molecule has 0 saturated carbocycles. The molecule has 4 heteroatoms. The maximum atomic E-state index is 11.2. The van der Waals surface area contributed by atoms with Gasteiger partial charge in [0.1, 0.15) is 0 Å². The zero-order chi connectivity index (χ0) is 12.6. The second kappa shape index (κ2) is 8.53. The SMILES string of the molecule is COC(=O)C(C)CC(C)NCCCN(C)C. The van der Waals surface area contributed by atoms with Crippen LogP contribution in [0, 0.1) is 5.92 Å². The molecule has 0 radical (unpaired) electrons. The van der Waals surface area contributed by atoms with Gasteiger partial charge in [-0.05, 0) is 47.0 Å². The number of nitrogens with zero attached hydrogens (tertiary/aromatic N) is 1. The van der Waals surface area contributed by atoms with E-state index in [1.807, 2.05) is 6.92 Å². The van der Waals surface area contributed by atoms with Crippen molar-refractivity contribution in [1.82, 2.24) is 10.2 Å². The summed E-state index contributed by atoms with van der Waals surface area (Å²) in [6.45, 7) is 6.10. The van der Waals surface area contributed by atoms with Crippen molar-refractivity contribution in [2.45, 2.75) is 32.7 Å². The fraction of sp³-hybridized carbons (Fsp3) is 0.917. The third-order valence-electron chi connectivity index (χ3n) is 2.59. The van der Waals surface area contributed by atoms with Crippen LogP contribution >= 0.6 is 0 Å². The average Bonchev–Trinajstić information content (AvgIpc) is 2.22. The molecule has 1 N–H and O–H groups in total. The Labute approximate surface area is 99.3 Å². The van der Waals surface area contributed by atoms with Crippen LogP contribution < -0.4 is 5.32 Å². The van der Waals surface area contributed by atoms with Gasteiger partial charge in [0.05, 0.1) is 13.0 Å². The third kappa shape index (κ3) is 7.65. The van der Waals surface area contributed by atoms with Crippen molar-refractivity contribution in [2.75, 3.05) is 34.3 Å². The summed E-state index contributed by atoms with van der Waals surface area (Å²) in [6.07, 6.45) is 1.96. The highest BCUT2D eigenvalue weighted by Crippen LogP contribution is 2.07. The van der Waals surface area contributed by atoms with E-state index in [9.17, 15) is 4.79 Å². The van der Waals surface area contributed by atoms with E-state index in [-0.39, 0.29) is 11.9 Å². The smallest absolute Gasteiger partial charge is 0.308 e. The van der Waals surface area contributed by atoms with Crippen LogP contribution in [-0.2, 0) is 9.53 Å². The van der Waals surface area contributed by atoms with E-state index in [1.54, 1.807) is 0 Å². The largest absolute Gasteiger partial charge is 0.469 e. The molecule has 96 valence electrons. The van der Waals surface area contributed by atoms with Crippen LogP contribution in [0.5, 0.6) is 0 Å². The normalized spacial score (nSPS) is 14.9. The van der Waals surface area contributed by atoms with Crippen molar-refractivity contribution >= 4 is 5.97 Å². The van der Waals surface area contributed by atoms with Crippen molar-refractivity contribution in [2.24, 2.45) is 5.92 Å². The first kappa shape index (κ1) is 15.4. The first-order valence-electron chi connectivity index (χ1n) is 5.93. The summed E-state index contributed by atoms with van der Waals surface area (Å²) < 4.78 is 4.70. The van der Waals surface area contributed by atoms with Crippen LogP contribution in [0.1, 0.15) is 26.7 Å². The van der Waals surface area contributed by atoms with Gasteiger partial charge in [-0.1, -0.05) is 6.92 Å². The van der Waals surface area contributed by atoms with Gasteiger partial charge in [-0.25, -0.2) is 0 Å². The van der Waals surface area contributed by atoms with E-state index in [4.69, 9.17) is 4.74 Å². The zero-order valence-corrected chi connectivity index (χ0v) is 11.2. The molecule has 16 heavy (non-hydrogen) atoms. The van der Waals surface area contributed by atoms with E-state index in [0.29, 0.717) is 6.04 Å². The Morgan fingerprint density at radius 3 is 2.50 bits per heavy atom. The summed E-state index contributed by atoms with van der Waals surface area (Å²) in [6, 6.07) is 0.358. The van der Waals surface area contributed by atoms with Gasteiger partial charge in [0, 0.05) is 6.04 Å². The number of nitrogens with one attached hydrogen (secondary N) is 1. The summed E-state index contributed by atoms with van der Waals surface area (Å²) in [4.78, 5) is 13.4. The van der Waals surface area contributed by atoms with E-state index in [2.05, 4.69) is 31.2 Å². The molecule has 0 aliphatic rings. The molecule has 4 nitrogen and oxygen atoms in total. The lowest BCUT2D eigenvalue weighted by Crippen LogP contribution is -2.32. The van der Waals surface area contributed by atoms with Crippen LogP contribution in [0.2, 0.25) is 0 Å². The standard InChI is InChI=1S/C12H26N2O2/c1-10(12(15)16-5)9-11(2)13-7-6-8-14(3)4/h10-11,13H,6-9H2,1-5H3. The second-order valence-corrected chi connectivity index (χ2v) is 4.67. The molecule has 0 aromatic heterocycles. The van der Waals surface area contributed by atoms with Gasteiger partial charge in [0.25, 0.3) is 0 Å². The van der Waals surface area contributed by atoms with Gasteiger partial charge >= 0.3 is 5.97 Å². The van der Waals surface area contributed by atoms with Gasteiger partial charge in [-0.3, -0.25) is 4.79 Å². The van der Waals surface area contributed by atoms with Crippen LogP contribution in [-0.4, -0.2) is 51.2 Å². The third-order valence-corrected chi connectivity index (χ3v) is 2.59. The number of carbonyl (C=O) groups is 1. The summed E-state index contributed by atoms with van der Waals surface area (Å²) in [5, 5.41) is 3.41. The molecule has 0 aromatic rings. The Kier molecular flexibility index (Phi) is 8.21. The molecule has 0 bridgehead atoms. The number of rotatable bonds is 8. The highest BCUT2D eigenvalue weighted by molar-refractivity contribution is 5.71. The lowest BCUT2D eigenvalue weighted by atomic mass is 10.0. The number of hydrogen-bond donors (Lipinski definition) is 1. The minimum atomic E-state index is -0.123. The molecule has 0 aliphatic carbocycles. The maximum absolute atomic E-state index is 11.2. The Morgan fingerprint density at radius 1 is 1.38 bits per heavy atom. The Bertz CT molecular complexity index is 195. The summed E-state index contributed by atoms with van der Waals surface area (Å²) >= 11 is 0. The average molecular weight is 230 g/mol. The van der Waals surface area contributed by atoms with Gasteiger partial charge < -0.3 is 15.0 Å². The molecule has 0 amide bonds. The van der Waals surface area contributed by atoms with Crippen molar-refractivity contribution < 1.29 is 9.53 Å². The molecule has 2 atom stereocenters. The second-order valence-electron chi connectivity index (χ2n) is 4.67. The van der Waals surface area contributed by atoms with Crippen LogP contribution in [0.25, 0.3) is 0 Å². The first-order chi connectivity index (χ1) is 7.47. The number of hydrogen-bond acceptors (Lipinski definition) is 4. The molecule has 0 aliphatic heterocycles. The Morgan fingerprint density at radius 2 is 2.00 bits per heavy atom. The zero-order valence-electron chi connectivity index (χ0n) is 11.2. The predicted molar refractivity (Wildman–Crippen MR) is 66.4 cm³/mol. The van der Waals surface area contributed by atoms with E-state index in [1.165, 1.54) is 7.11 Å². The highest BCUT2D eigenvalue weighted by atomic mass is 16.5. The van der Waals surface area contributed by atoms with Gasteiger partial charge in [-0.15, -0.1) is 0 Å². The van der Waals surface area contributed by atoms with E-state index in [0.717, 1.165) is 25.9 Å². The summed E-state index contributed by atoms with van der Waals surface area (Å²) in [5.41, 5.74) is 0. The molecule has 0 rings (SSSR count). The van der Waals surface area contributed by atoms with Crippen molar-refractivity contribution in [3.8, 4) is 0 Å². The summed E-state index contributed by atoms with van der Waals surface area (Å²) in [7, 11) is 5.58. The number of carbonyl (C=O) groups excluding carboxylic acids is 1. The van der Waals surface area contributed by atoms with Crippen molar-refractivity contribution in [3.63, 3.8) is 0 Å². The molecule has 0 saturated heterocycles. The highest BCUT2D eigenvalue weighted by Gasteiger charge is 2.15. The van der Waals surface area contributed by atoms with E-state index >= 15 is 0 Å².